The lowest BCUT2D eigenvalue weighted by Gasteiger charge is -2.31. The van der Waals surface area contributed by atoms with Crippen LogP contribution in [0.2, 0.25) is 0 Å². The molecule has 3 rings (SSSR count). The molecule has 27 heavy (non-hydrogen) atoms. The highest BCUT2D eigenvalue weighted by Crippen LogP contribution is 2.28. The van der Waals surface area contributed by atoms with E-state index in [4.69, 9.17) is 9.47 Å². The van der Waals surface area contributed by atoms with E-state index in [0.29, 0.717) is 55.4 Å². The zero-order chi connectivity index (χ0) is 19.2. The highest BCUT2D eigenvalue weighted by atomic mass is 16.5. The van der Waals surface area contributed by atoms with Gasteiger partial charge in [0, 0.05) is 24.6 Å². The van der Waals surface area contributed by atoms with Gasteiger partial charge in [0.25, 0.3) is 5.91 Å². The van der Waals surface area contributed by atoms with E-state index in [2.05, 4.69) is 20.5 Å². The Labute approximate surface area is 157 Å². The van der Waals surface area contributed by atoms with Crippen LogP contribution in [0.15, 0.2) is 24.5 Å². The molecule has 1 aromatic carbocycles. The van der Waals surface area contributed by atoms with E-state index in [0.717, 1.165) is 0 Å². The number of nitrogens with zero attached hydrogens (tertiary/aromatic N) is 3. The maximum atomic E-state index is 12.7. The van der Waals surface area contributed by atoms with Crippen LogP contribution >= 0.6 is 0 Å². The average molecular weight is 373 g/mol. The van der Waals surface area contributed by atoms with E-state index < -0.39 is 0 Å². The number of amides is 2. The highest BCUT2D eigenvalue weighted by Gasteiger charge is 2.28. The Bertz CT molecular complexity index is 785. The summed E-state index contributed by atoms with van der Waals surface area (Å²) in [5.41, 5.74) is 0.542. The zero-order valence-electron chi connectivity index (χ0n) is 15.4. The van der Waals surface area contributed by atoms with Crippen molar-refractivity contribution in [2.45, 2.75) is 19.4 Å². The molecule has 1 aromatic heterocycles. The summed E-state index contributed by atoms with van der Waals surface area (Å²) in [5.74, 6) is 1.51. The van der Waals surface area contributed by atoms with Crippen LogP contribution < -0.4 is 14.8 Å². The molecule has 0 unspecified atom stereocenters. The maximum absolute atomic E-state index is 12.7. The SMILES string of the molecule is COc1ccc(C(=O)N2CCC(C(=O)NCc3ncn[nH]3)CC2)cc1OC. The van der Waals surface area contributed by atoms with Crippen LogP contribution in [0.4, 0.5) is 0 Å². The number of aromatic nitrogens is 3. The minimum atomic E-state index is -0.109. The first-order valence-electron chi connectivity index (χ1n) is 8.75. The number of nitrogens with one attached hydrogen (secondary N) is 2. The van der Waals surface area contributed by atoms with Crippen molar-refractivity contribution in [3.05, 3.63) is 35.9 Å². The Morgan fingerprint density at radius 3 is 2.59 bits per heavy atom. The number of hydrogen-bond acceptors (Lipinski definition) is 6. The highest BCUT2D eigenvalue weighted by molar-refractivity contribution is 5.95. The van der Waals surface area contributed by atoms with Crippen LogP contribution in [0.1, 0.15) is 29.0 Å². The topological polar surface area (TPSA) is 109 Å². The van der Waals surface area contributed by atoms with Gasteiger partial charge in [0.2, 0.25) is 5.91 Å². The monoisotopic (exact) mass is 373 g/mol. The molecular weight excluding hydrogens is 350 g/mol. The summed E-state index contributed by atoms with van der Waals surface area (Å²) in [7, 11) is 3.09. The Morgan fingerprint density at radius 1 is 1.22 bits per heavy atom. The summed E-state index contributed by atoms with van der Waals surface area (Å²) < 4.78 is 10.5. The number of carbonyl (C=O) groups excluding carboxylic acids is 2. The summed E-state index contributed by atoms with van der Waals surface area (Å²) in [6.07, 6.45) is 2.66. The van der Waals surface area contributed by atoms with E-state index in [1.54, 1.807) is 30.2 Å². The summed E-state index contributed by atoms with van der Waals surface area (Å²) in [6.45, 7) is 1.39. The van der Waals surface area contributed by atoms with Crippen molar-refractivity contribution in [2.24, 2.45) is 5.92 Å². The third-order valence-electron chi connectivity index (χ3n) is 4.68. The van der Waals surface area contributed by atoms with E-state index in [-0.39, 0.29) is 17.7 Å². The lowest BCUT2D eigenvalue weighted by Crippen LogP contribution is -2.43. The van der Waals surface area contributed by atoms with Gasteiger partial charge >= 0.3 is 0 Å². The lowest BCUT2D eigenvalue weighted by molar-refractivity contribution is -0.126. The number of H-pyrrole nitrogens is 1. The number of carbonyl (C=O) groups is 2. The van der Waals surface area contributed by atoms with Crippen molar-refractivity contribution in [1.29, 1.82) is 0 Å². The molecule has 0 saturated carbocycles. The molecule has 2 aromatic rings. The second-order valence-corrected chi connectivity index (χ2v) is 6.29. The van der Waals surface area contributed by atoms with Gasteiger partial charge in [0.1, 0.15) is 12.2 Å². The quantitative estimate of drug-likeness (QED) is 0.781. The molecule has 1 aliphatic heterocycles. The smallest absolute Gasteiger partial charge is 0.253 e. The minimum absolute atomic E-state index is 0.0235. The van der Waals surface area contributed by atoms with Crippen LogP contribution in [0.5, 0.6) is 11.5 Å². The summed E-state index contributed by atoms with van der Waals surface area (Å²) >= 11 is 0. The number of hydrogen-bond donors (Lipinski definition) is 2. The van der Waals surface area contributed by atoms with Crippen molar-refractivity contribution < 1.29 is 19.1 Å². The van der Waals surface area contributed by atoms with Gasteiger partial charge in [-0.3, -0.25) is 14.7 Å². The van der Waals surface area contributed by atoms with Gasteiger partial charge in [-0.05, 0) is 31.0 Å². The molecule has 1 aliphatic rings. The lowest BCUT2D eigenvalue weighted by atomic mass is 9.95. The van der Waals surface area contributed by atoms with Gasteiger partial charge in [0.15, 0.2) is 11.5 Å². The fourth-order valence-electron chi connectivity index (χ4n) is 3.13. The standard InChI is InChI=1S/C18H23N5O4/c1-26-14-4-3-13(9-15(14)27-2)18(25)23-7-5-12(6-8-23)17(24)19-10-16-20-11-21-22-16/h3-4,9,11-12H,5-8,10H2,1-2H3,(H,19,24)(H,20,21,22). The van der Waals surface area contributed by atoms with E-state index in [1.165, 1.54) is 13.4 Å². The number of aromatic amines is 1. The fourth-order valence-corrected chi connectivity index (χ4v) is 3.13. The van der Waals surface area contributed by atoms with Gasteiger partial charge < -0.3 is 19.7 Å². The third-order valence-corrected chi connectivity index (χ3v) is 4.68. The molecule has 0 radical (unpaired) electrons. The van der Waals surface area contributed by atoms with Crippen LogP contribution in [-0.2, 0) is 11.3 Å². The van der Waals surface area contributed by atoms with Crippen molar-refractivity contribution in [3.63, 3.8) is 0 Å². The molecule has 2 N–H and O–H groups in total. The molecule has 9 heteroatoms. The summed E-state index contributed by atoms with van der Waals surface area (Å²) in [5, 5.41) is 9.30. The van der Waals surface area contributed by atoms with E-state index >= 15 is 0 Å². The number of ether oxygens (including phenoxy) is 2. The third kappa shape index (κ3) is 4.36. The molecular formula is C18H23N5O4. The molecule has 1 saturated heterocycles. The molecule has 144 valence electrons. The Morgan fingerprint density at radius 2 is 1.96 bits per heavy atom. The first kappa shape index (κ1) is 18.7. The Kier molecular flexibility index (Phi) is 5.90. The van der Waals surface area contributed by atoms with Crippen molar-refractivity contribution in [1.82, 2.24) is 25.4 Å². The van der Waals surface area contributed by atoms with Crippen LogP contribution in [0.3, 0.4) is 0 Å². The van der Waals surface area contributed by atoms with Crippen molar-refractivity contribution in [2.75, 3.05) is 27.3 Å². The van der Waals surface area contributed by atoms with Crippen LogP contribution in [0.25, 0.3) is 0 Å². The minimum Gasteiger partial charge on any atom is -0.493 e. The first-order valence-corrected chi connectivity index (χ1v) is 8.75. The zero-order valence-corrected chi connectivity index (χ0v) is 15.4. The number of rotatable bonds is 6. The average Bonchev–Trinajstić information content (AvgIpc) is 3.24. The Balaban J connectivity index is 1.53. The molecule has 2 amide bonds. The van der Waals surface area contributed by atoms with E-state index in [9.17, 15) is 9.59 Å². The fraction of sp³-hybridized carbons (Fsp3) is 0.444. The number of likely N-dealkylation sites (tertiary alicyclic amines) is 1. The number of methoxy groups -OCH3 is 2. The molecule has 0 bridgehead atoms. The van der Waals surface area contributed by atoms with Crippen molar-refractivity contribution in [3.8, 4) is 11.5 Å². The molecule has 9 nitrogen and oxygen atoms in total. The summed E-state index contributed by atoms with van der Waals surface area (Å²) in [4.78, 5) is 30.8. The molecule has 0 atom stereocenters. The molecule has 2 heterocycles. The van der Waals surface area contributed by atoms with Gasteiger partial charge in [-0.1, -0.05) is 0 Å². The second kappa shape index (κ2) is 8.52. The molecule has 0 aliphatic carbocycles. The van der Waals surface area contributed by atoms with Gasteiger partial charge in [-0.2, -0.15) is 5.10 Å². The largest absolute Gasteiger partial charge is 0.493 e. The number of piperidine rings is 1. The van der Waals surface area contributed by atoms with Crippen molar-refractivity contribution >= 4 is 11.8 Å². The van der Waals surface area contributed by atoms with Gasteiger partial charge in [-0.15, -0.1) is 0 Å². The predicted octanol–water partition coefficient (Wildman–Crippen LogP) is 0.990. The van der Waals surface area contributed by atoms with E-state index in [1.807, 2.05) is 0 Å². The molecule has 1 fully saturated rings. The van der Waals surface area contributed by atoms with Crippen LogP contribution in [-0.4, -0.2) is 59.2 Å². The Hall–Kier alpha value is -3.10. The van der Waals surface area contributed by atoms with Crippen LogP contribution in [0, 0.1) is 5.92 Å². The first-order chi connectivity index (χ1) is 13.1. The van der Waals surface area contributed by atoms with Gasteiger partial charge in [0.05, 0.1) is 20.8 Å². The maximum Gasteiger partial charge on any atom is 0.253 e. The normalized spacial score (nSPS) is 14.7. The summed E-state index contributed by atoms with van der Waals surface area (Å²) in [6, 6.07) is 5.12. The van der Waals surface area contributed by atoms with Gasteiger partial charge in [-0.25, -0.2) is 4.98 Å². The predicted molar refractivity (Wildman–Crippen MR) is 96.4 cm³/mol. The number of benzene rings is 1. The second-order valence-electron chi connectivity index (χ2n) is 6.29. The molecule has 0 spiro atoms.